The Morgan fingerprint density at radius 2 is 2.10 bits per heavy atom. The molecule has 1 atom stereocenters. The minimum Gasteiger partial charge on any atom is -0.481 e. The lowest BCUT2D eigenvalue weighted by Crippen LogP contribution is -2.54. The molecule has 3 N–H and O–H groups in total. The van der Waals surface area contributed by atoms with Gasteiger partial charge in [0.25, 0.3) is 0 Å². The van der Waals surface area contributed by atoms with Crippen molar-refractivity contribution in [3.05, 3.63) is 22.4 Å². The van der Waals surface area contributed by atoms with Crippen molar-refractivity contribution < 1.29 is 14.7 Å². The molecule has 1 saturated carbocycles. The number of aliphatic carboxylic acids is 1. The lowest BCUT2D eigenvalue weighted by Gasteiger charge is -2.37. The molecule has 1 fully saturated rings. The minimum atomic E-state index is -0.858. The Bertz CT molecular complexity index is 481. The first kappa shape index (κ1) is 15.8. The first-order valence-corrected chi connectivity index (χ1v) is 8.28. The van der Waals surface area contributed by atoms with E-state index in [1.165, 1.54) is 0 Å². The normalized spacial score (nSPS) is 18.7. The zero-order chi connectivity index (χ0) is 15.3. The number of carboxylic acids is 1. The lowest BCUT2D eigenvalue weighted by molar-refractivity contribution is -0.139. The van der Waals surface area contributed by atoms with E-state index in [1.807, 2.05) is 23.8 Å². The molecule has 0 saturated heterocycles. The van der Waals surface area contributed by atoms with E-state index in [1.54, 1.807) is 11.3 Å². The standard InChI is InChI=1S/C15H22N2O3S/c1-11(12-5-8-21-10-12)16-14(20)17-15(9-13(18)19)6-3-2-4-7-15/h5,8,10-11H,2-4,6-7,9H2,1H3,(H,18,19)(H2,16,17,20). The predicted octanol–water partition coefficient (Wildman–Crippen LogP) is 3.29. The third-order valence-corrected chi connectivity index (χ3v) is 4.77. The summed E-state index contributed by atoms with van der Waals surface area (Å²) in [5, 5.41) is 18.9. The number of carbonyl (C=O) groups excluding carboxylic acids is 1. The Labute approximate surface area is 128 Å². The molecule has 0 aromatic carbocycles. The zero-order valence-corrected chi connectivity index (χ0v) is 13.0. The Hall–Kier alpha value is -1.56. The van der Waals surface area contributed by atoms with Gasteiger partial charge in [-0.2, -0.15) is 11.3 Å². The van der Waals surface area contributed by atoms with Gasteiger partial charge in [-0.1, -0.05) is 19.3 Å². The Morgan fingerprint density at radius 3 is 2.67 bits per heavy atom. The van der Waals surface area contributed by atoms with Gasteiger partial charge in [0.2, 0.25) is 0 Å². The summed E-state index contributed by atoms with van der Waals surface area (Å²) in [6, 6.07) is 1.61. The number of amides is 2. The van der Waals surface area contributed by atoms with E-state index in [0.717, 1.165) is 37.7 Å². The average molecular weight is 310 g/mol. The van der Waals surface area contributed by atoms with E-state index in [-0.39, 0.29) is 18.5 Å². The third kappa shape index (κ3) is 4.46. The smallest absolute Gasteiger partial charge is 0.315 e. The van der Waals surface area contributed by atoms with E-state index in [9.17, 15) is 9.59 Å². The first-order valence-electron chi connectivity index (χ1n) is 7.33. The van der Waals surface area contributed by atoms with Gasteiger partial charge in [-0.15, -0.1) is 0 Å². The van der Waals surface area contributed by atoms with E-state index in [4.69, 9.17) is 5.11 Å². The van der Waals surface area contributed by atoms with Crippen molar-refractivity contribution in [3.8, 4) is 0 Å². The van der Waals surface area contributed by atoms with Crippen molar-refractivity contribution in [1.82, 2.24) is 10.6 Å². The molecular formula is C15H22N2O3S. The summed E-state index contributed by atoms with van der Waals surface area (Å²) in [7, 11) is 0. The minimum absolute atomic E-state index is 0.00669. The molecule has 1 aliphatic rings. The Balaban J connectivity index is 1.96. The summed E-state index contributed by atoms with van der Waals surface area (Å²) >= 11 is 1.59. The van der Waals surface area contributed by atoms with Crippen molar-refractivity contribution in [2.24, 2.45) is 0 Å². The SMILES string of the molecule is CC(NC(=O)NC1(CC(=O)O)CCCCC1)c1ccsc1. The van der Waals surface area contributed by atoms with Gasteiger partial charge in [0.05, 0.1) is 18.0 Å². The maximum atomic E-state index is 12.2. The van der Waals surface area contributed by atoms with Crippen molar-refractivity contribution in [2.75, 3.05) is 0 Å². The number of nitrogens with one attached hydrogen (secondary N) is 2. The number of hydrogen-bond donors (Lipinski definition) is 3. The maximum Gasteiger partial charge on any atom is 0.315 e. The van der Waals surface area contributed by atoms with Gasteiger partial charge in [-0.3, -0.25) is 4.79 Å². The number of rotatable bonds is 5. The highest BCUT2D eigenvalue weighted by atomic mass is 32.1. The quantitative estimate of drug-likeness (QED) is 0.781. The fourth-order valence-corrected chi connectivity index (χ4v) is 3.70. The van der Waals surface area contributed by atoms with Crippen LogP contribution in [-0.2, 0) is 4.79 Å². The van der Waals surface area contributed by atoms with Crippen LogP contribution in [0.2, 0.25) is 0 Å². The molecule has 0 radical (unpaired) electrons. The number of urea groups is 1. The summed E-state index contributed by atoms with van der Waals surface area (Å²) in [4.78, 5) is 23.3. The van der Waals surface area contributed by atoms with Gasteiger partial charge >= 0.3 is 12.0 Å². The fourth-order valence-electron chi connectivity index (χ4n) is 2.94. The molecule has 1 aromatic rings. The van der Waals surface area contributed by atoms with Gasteiger partial charge in [0, 0.05) is 0 Å². The highest BCUT2D eigenvalue weighted by molar-refractivity contribution is 7.07. The second-order valence-electron chi connectivity index (χ2n) is 5.79. The summed E-state index contributed by atoms with van der Waals surface area (Å²) in [5.74, 6) is -0.858. The van der Waals surface area contributed by atoms with E-state index in [2.05, 4.69) is 10.6 Å². The molecule has 1 unspecified atom stereocenters. The summed E-state index contributed by atoms with van der Waals surface area (Å²) in [5.41, 5.74) is 0.466. The predicted molar refractivity (Wildman–Crippen MR) is 82.5 cm³/mol. The molecular weight excluding hydrogens is 288 g/mol. The van der Waals surface area contributed by atoms with Crippen LogP contribution in [0.15, 0.2) is 16.8 Å². The first-order chi connectivity index (χ1) is 10.0. The van der Waals surface area contributed by atoms with Crippen molar-refractivity contribution >= 4 is 23.3 Å². The van der Waals surface area contributed by atoms with Crippen molar-refractivity contribution in [3.63, 3.8) is 0 Å². The van der Waals surface area contributed by atoms with Gasteiger partial charge in [-0.05, 0) is 42.2 Å². The van der Waals surface area contributed by atoms with Crippen LogP contribution >= 0.6 is 11.3 Å². The van der Waals surface area contributed by atoms with Crippen LogP contribution in [0.1, 0.15) is 57.1 Å². The summed E-state index contributed by atoms with van der Waals surface area (Å²) in [6.45, 7) is 1.92. The van der Waals surface area contributed by atoms with Crippen LogP contribution in [-0.4, -0.2) is 22.6 Å². The molecule has 0 aliphatic heterocycles. The van der Waals surface area contributed by atoms with Crippen LogP contribution in [0.5, 0.6) is 0 Å². The van der Waals surface area contributed by atoms with E-state index < -0.39 is 11.5 Å². The largest absolute Gasteiger partial charge is 0.481 e. The van der Waals surface area contributed by atoms with E-state index in [0.29, 0.717) is 0 Å². The molecule has 1 aliphatic carbocycles. The van der Waals surface area contributed by atoms with Gasteiger partial charge in [0.1, 0.15) is 0 Å². The molecule has 5 nitrogen and oxygen atoms in total. The molecule has 1 heterocycles. The molecule has 21 heavy (non-hydrogen) atoms. The molecule has 116 valence electrons. The van der Waals surface area contributed by atoms with Gasteiger partial charge < -0.3 is 15.7 Å². The molecule has 0 bridgehead atoms. The molecule has 0 spiro atoms. The van der Waals surface area contributed by atoms with Crippen LogP contribution in [0, 0.1) is 0 Å². The highest BCUT2D eigenvalue weighted by Crippen LogP contribution is 2.31. The molecule has 2 rings (SSSR count). The van der Waals surface area contributed by atoms with Crippen LogP contribution in [0.25, 0.3) is 0 Å². The number of carboxylic acid groups (broad SMARTS) is 1. The Kier molecular flexibility index (Phi) is 5.22. The summed E-state index contributed by atoms with van der Waals surface area (Å²) < 4.78 is 0. The van der Waals surface area contributed by atoms with Crippen molar-refractivity contribution in [1.29, 1.82) is 0 Å². The third-order valence-electron chi connectivity index (χ3n) is 4.07. The zero-order valence-electron chi connectivity index (χ0n) is 12.2. The number of thiophene rings is 1. The van der Waals surface area contributed by atoms with Crippen LogP contribution in [0.4, 0.5) is 4.79 Å². The number of carbonyl (C=O) groups is 2. The lowest BCUT2D eigenvalue weighted by atomic mass is 9.79. The Morgan fingerprint density at radius 1 is 1.38 bits per heavy atom. The monoisotopic (exact) mass is 310 g/mol. The molecule has 2 amide bonds. The summed E-state index contributed by atoms with van der Waals surface area (Å²) in [6.07, 6.45) is 4.50. The van der Waals surface area contributed by atoms with E-state index >= 15 is 0 Å². The second-order valence-corrected chi connectivity index (χ2v) is 6.57. The van der Waals surface area contributed by atoms with Gasteiger partial charge in [-0.25, -0.2) is 4.79 Å². The molecule has 1 aromatic heterocycles. The average Bonchev–Trinajstić information content (AvgIpc) is 2.92. The van der Waals surface area contributed by atoms with Crippen molar-refractivity contribution in [2.45, 2.75) is 57.0 Å². The number of hydrogen-bond acceptors (Lipinski definition) is 3. The van der Waals surface area contributed by atoms with Gasteiger partial charge in [0.15, 0.2) is 0 Å². The highest BCUT2D eigenvalue weighted by Gasteiger charge is 2.36. The van der Waals surface area contributed by atoms with Crippen LogP contribution < -0.4 is 10.6 Å². The maximum absolute atomic E-state index is 12.2. The molecule has 6 heteroatoms. The second kappa shape index (κ2) is 6.93. The van der Waals surface area contributed by atoms with Crippen LogP contribution in [0.3, 0.4) is 0 Å². The fraction of sp³-hybridized carbons (Fsp3) is 0.600. The topological polar surface area (TPSA) is 78.4 Å².